The van der Waals surface area contributed by atoms with Crippen molar-refractivity contribution >= 4 is 17.2 Å². The van der Waals surface area contributed by atoms with Gasteiger partial charge < -0.3 is 9.64 Å². The lowest BCUT2D eigenvalue weighted by Gasteiger charge is -2.41. The van der Waals surface area contributed by atoms with Crippen LogP contribution in [0.15, 0.2) is 16.8 Å². The van der Waals surface area contributed by atoms with E-state index in [9.17, 15) is 4.79 Å². The fourth-order valence-corrected chi connectivity index (χ4v) is 5.08. The Balaban J connectivity index is 1.36. The molecular formula is C18H27N3O2S. The molecule has 0 aliphatic carbocycles. The predicted molar refractivity (Wildman–Crippen MR) is 95.1 cm³/mol. The van der Waals surface area contributed by atoms with Crippen LogP contribution < -0.4 is 0 Å². The Morgan fingerprint density at radius 2 is 2.00 bits per heavy atom. The highest BCUT2D eigenvalue weighted by Crippen LogP contribution is 2.32. The highest BCUT2D eigenvalue weighted by atomic mass is 32.1. The Morgan fingerprint density at radius 3 is 2.79 bits per heavy atom. The van der Waals surface area contributed by atoms with Gasteiger partial charge >= 0.3 is 0 Å². The molecule has 0 bridgehead atoms. The van der Waals surface area contributed by atoms with Crippen LogP contribution >= 0.6 is 11.3 Å². The maximum absolute atomic E-state index is 12.5. The normalized spacial score (nSPS) is 29.2. The first-order chi connectivity index (χ1) is 11.8. The molecule has 3 saturated heterocycles. The summed E-state index contributed by atoms with van der Waals surface area (Å²) in [5, 5.41) is 4.40. The van der Waals surface area contributed by atoms with Gasteiger partial charge in [0.1, 0.15) is 0 Å². The summed E-state index contributed by atoms with van der Waals surface area (Å²) in [6.45, 7) is 7.68. The molecule has 3 aliphatic heterocycles. The zero-order valence-corrected chi connectivity index (χ0v) is 15.0. The van der Waals surface area contributed by atoms with E-state index in [-0.39, 0.29) is 0 Å². The molecule has 0 N–H and O–H groups in total. The molecule has 6 heteroatoms. The molecule has 2 atom stereocenters. The molecule has 24 heavy (non-hydrogen) atoms. The van der Waals surface area contributed by atoms with Gasteiger partial charge in [-0.05, 0) is 35.2 Å². The van der Waals surface area contributed by atoms with E-state index in [4.69, 9.17) is 4.74 Å². The van der Waals surface area contributed by atoms with Gasteiger partial charge in [0.15, 0.2) is 0 Å². The Labute approximate surface area is 148 Å². The van der Waals surface area contributed by atoms with Gasteiger partial charge in [-0.2, -0.15) is 11.3 Å². The summed E-state index contributed by atoms with van der Waals surface area (Å²) >= 11 is 1.77. The first-order valence-electron chi connectivity index (χ1n) is 9.16. The van der Waals surface area contributed by atoms with Gasteiger partial charge in [-0.3, -0.25) is 14.6 Å². The molecule has 3 fully saturated rings. The third kappa shape index (κ3) is 3.52. The SMILES string of the molecule is O=C1CC[C@H]2[C@H](CCN2Cc2ccsc2)N1CCN1CCOCC1. The topological polar surface area (TPSA) is 36.0 Å². The molecule has 0 aromatic carbocycles. The number of hydrogen-bond donors (Lipinski definition) is 0. The number of amides is 1. The second-order valence-corrected chi connectivity index (χ2v) is 7.89. The van der Waals surface area contributed by atoms with Gasteiger partial charge in [0.05, 0.1) is 13.2 Å². The third-order valence-electron chi connectivity index (χ3n) is 5.73. The highest BCUT2D eigenvalue weighted by molar-refractivity contribution is 7.07. The molecular weight excluding hydrogens is 322 g/mol. The number of carbonyl (C=O) groups excluding carboxylic acids is 1. The Kier molecular flexibility index (Phi) is 5.17. The van der Waals surface area contributed by atoms with E-state index in [2.05, 4.69) is 31.5 Å². The monoisotopic (exact) mass is 349 g/mol. The molecule has 0 spiro atoms. The van der Waals surface area contributed by atoms with Crippen LogP contribution in [0, 0.1) is 0 Å². The van der Waals surface area contributed by atoms with E-state index in [1.165, 1.54) is 5.56 Å². The minimum atomic E-state index is 0.363. The zero-order chi connectivity index (χ0) is 16.4. The largest absolute Gasteiger partial charge is 0.379 e. The van der Waals surface area contributed by atoms with Gasteiger partial charge in [-0.15, -0.1) is 0 Å². The van der Waals surface area contributed by atoms with Crippen LogP contribution in [0.4, 0.5) is 0 Å². The molecule has 0 unspecified atom stereocenters. The number of thiophene rings is 1. The van der Waals surface area contributed by atoms with Crippen molar-refractivity contribution in [3.05, 3.63) is 22.4 Å². The fraction of sp³-hybridized carbons (Fsp3) is 0.722. The highest BCUT2D eigenvalue weighted by Gasteiger charge is 2.42. The van der Waals surface area contributed by atoms with E-state index < -0.39 is 0 Å². The average Bonchev–Trinajstić information content (AvgIpc) is 3.26. The molecule has 4 heterocycles. The number of carbonyl (C=O) groups is 1. The number of hydrogen-bond acceptors (Lipinski definition) is 5. The fourth-order valence-electron chi connectivity index (χ4n) is 4.42. The van der Waals surface area contributed by atoms with E-state index in [1.54, 1.807) is 11.3 Å². The van der Waals surface area contributed by atoms with Crippen molar-refractivity contribution in [2.24, 2.45) is 0 Å². The number of piperidine rings is 1. The molecule has 3 aliphatic rings. The summed E-state index contributed by atoms with van der Waals surface area (Å²) in [7, 11) is 0. The minimum absolute atomic E-state index is 0.363. The summed E-state index contributed by atoms with van der Waals surface area (Å²) in [6, 6.07) is 3.19. The summed E-state index contributed by atoms with van der Waals surface area (Å²) in [6.07, 6.45) is 2.87. The van der Waals surface area contributed by atoms with E-state index in [0.29, 0.717) is 24.4 Å². The Bertz CT molecular complexity index is 544. The van der Waals surface area contributed by atoms with Crippen LogP contribution in [-0.4, -0.2) is 78.6 Å². The van der Waals surface area contributed by atoms with Crippen LogP contribution in [0.3, 0.4) is 0 Å². The molecule has 0 saturated carbocycles. The zero-order valence-electron chi connectivity index (χ0n) is 14.2. The number of morpholine rings is 1. The minimum Gasteiger partial charge on any atom is -0.379 e. The van der Waals surface area contributed by atoms with Crippen molar-refractivity contribution in [2.75, 3.05) is 45.9 Å². The maximum atomic E-state index is 12.5. The van der Waals surface area contributed by atoms with Crippen molar-refractivity contribution in [3.63, 3.8) is 0 Å². The third-order valence-corrected chi connectivity index (χ3v) is 6.46. The molecule has 0 radical (unpaired) electrons. The molecule has 4 rings (SSSR count). The molecule has 132 valence electrons. The van der Waals surface area contributed by atoms with Crippen molar-refractivity contribution in [3.8, 4) is 0 Å². The number of fused-ring (bicyclic) bond motifs is 1. The summed E-state index contributed by atoms with van der Waals surface area (Å²) in [5.74, 6) is 0.363. The van der Waals surface area contributed by atoms with Crippen LogP contribution in [0.5, 0.6) is 0 Å². The number of ether oxygens (including phenoxy) is 1. The molecule has 1 amide bonds. The Hall–Kier alpha value is -0.950. The van der Waals surface area contributed by atoms with E-state index >= 15 is 0 Å². The quantitative estimate of drug-likeness (QED) is 0.810. The van der Waals surface area contributed by atoms with Crippen LogP contribution in [-0.2, 0) is 16.1 Å². The van der Waals surface area contributed by atoms with Crippen LogP contribution in [0.2, 0.25) is 0 Å². The second kappa shape index (κ2) is 7.52. The number of likely N-dealkylation sites (tertiary alicyclic amines) is 2. The summed E-state index contributed by atoms with van der Waals surface area (Å²) < 4.78 is 5.42. The predicted octanol–water partition coefficient (Wildman–Crippen LogP) is 1.65. The van der Waals surface area contributed by atoms with Gasteiger partial charge in [0, 0.05) is 57.8 Å². The molecule has 1 aromatic rings. The van der Waals surface area contributed by atoms with Gasteiger partial charge in [-0.1, -0.05) is 0 Å². The number of rotatable bonds is 5. The van der Waals surface area contributed by atoms with Crippen LogP contribution in [0.1, 0.15) is 24.8 Å². The first kappa shape index (κ1) is 16.5. The number of nitrogens with zero attached hydrogens (tertiary/aromatic N) is 3. The smallest absolute Gasteiger partial charge is 0.222 e. The van der Waals surface area contributed by atoms with Gasteiger partial charge in [0.25, 0.3) is 0 Å². The second-order valence-electron chi connectivity index (χ2n) is 7.11. The lowest BCUT2D eigenvalue weighted by Crippen LogP contribution is -2.54. The summed E-state index contributed by atoms with van der Waals surface area (Å²) in [4.78, 5) is 19.7. The average molecular weight is 350 g/mol. The van der Waals surface area contributed by atoms with Crippen molar-refractivity contribution in [2.45, 2.75) is 37.9 Å². The standard InChI is InChI=1S/C18H27N3O2S/c22-18-2-1-16-17(3-5-20(16)13-15-4-12-24-14-15)21(18)7-6-19-8-10-23-11-9-19/h4,12,14,16-17H,1-3,5-11,13H2/t16-,17-/m0/s1. The maximum Gasteiger partial charge on any atom is 0.222 e. The first-order valence-corrected chi connectivity index (χ1v) is 10.1. The van der Waals surface area contributed by atoms with E-state index in [1.807, 2.05) is 0 Å². The lowest BCUT2D eigenvalue weighted by atomic mass is 9.96. The van der Waals surface area contributed by atoms with E-state index in [0.717, 1.165) is 65.3 Å². The van der Waals surface area contributed by atoms with Crippen molar-refractivity contribution < 1.29 is 9.53 Å². The molecule has 1 aromatic heterocycles. The van der Waals surface area contributed by atoms with Gasteiger partial charge in [0.2, 0.25) is 5.91 Å². The van der Waals surface area contributed by atoms with Crippen molar-refractivity contribution in [1.82, 2.24) is 14.7 Å². The van der Waals surface area contributed by atoms with Crippen molar-refractivity contribution in [1.29, 1.82) is 0 Å². The lowest BCUT2D eigenvalue weighted by molar-refractivity contribution is -0.138. The summed E-state index contributed by atoms with van der Waals surface area (Å²) in [5.41, 5.74) is 1.41. The van der Waals surface area contributed by atoms with Crippen LogP contribution in [0.25, 0.3) is 0 Å². The Morgan fingerprint density at radius 1 is 1.12 bits per heavy atom. The molecule has 5 nitrogen and oxygen atoms in total. The van der Waals surface area contributed by atoms with Gasteiger partial charge in [-0.25, -0.2) is 0 Å².